The minimum Gasteiger partial charge on any atom is -0.398 e. The van der Waals surface area contributed by atoms with Crippen molar-refractivity contribution < 1.29 is 0 Å². The lowest BCUT2D eigenvalue weighted by Gasteiger charge is -2.04. The Morgan fingerprint density at radius 1 is 1.00 bits per heavy atom. The van der Waals surface area contributed by atoms with Crippen LogP contribution in [0.5, 0.6) is 0 Å². The predicted octanol–water partition coefficient (Wildman–Crippen LogP) is 4.79. The van der Waals surface area contributed by atoms with E-state index in [9.17, 15) is 0 Å². The molecule has 0 aliphatic heterocycles. The number of hydrogen-bond donors (Lipinski definition) is 1. The van der Waals surface area contributed by atoms with Crippen molar-refractivity contribution in [3.05, 3.63) is 50.5 Å². The summed E-state index contributed by atoms with van der Waals surface area (Å²) in [6, 6.07) is 14.4. The lowest BCUT2D eigenvalue weighted by molar-refractivity contribution is 1.39. The summed E-state index contributed by atoms with van der Waals surface area (Å²) in [6.07, 6.45) is 0. The highest BCUT2D eigenvalue weighted by molar-refractivity contribution is 14.1. The molecule has 0 aliphatic rings. The molecule has 16 heavy (non-hydrogen) atoms. The summed E-state index contributed by atoms with van der Waals surface area (Å²) >= 11 is 7.47. The first-order valence-corrected chi connectivity index (χ1v) is 7.32. The van der Waals surface area contributed by atoms with Gasteiger partial charge >= 0.3 is 0 Å². The van der Waals surface area contributed by atoms with Crippen LogP contribution in [0.15, 0.2) is 56.7 Å². The van der Waals surface area contributed by atoms with Gasteiger partial charge in [-0.25, -0.2) is 0 Å². The smallest absolute Gasteiger partial charge is 0.0459 e. The van der Waals surface area contributed by atoms with E-state index in [1.807, 2.05) is 18.2 Å². The van der Waals surface area contributed by atoms with Crippen molar-refractivity contribution in [3.8, 4) is 0 Å². The van der Waals surface area contributed by atoms with E-state index in [4.69, 9.17) is 5.73 Å². The molecule has 4 heteroatoms. The summed E-state index contributed by atoms with van der Waals surface area (Å²) in [4.78, 5) is 2.42. The van der Waals surface area contributed by atoms with Gasteiger partial charge in [0.1, 0.15) is 0 Å². The lowest BCUT2D eigenvalue weighted by atomic mass is 10.3. The van der Waals surface area contributed by atoms with Gasteiger partial charge in [0, 0.05) is 23.5 Å². The fourth-order valence-electron chi connectivity index (χ4n) is 1.21. The van der Waals surface area contributed by atoms with Gasteiger partial charge in [0.15, 0.2) is 0 Å². The topological polar surface area (TPSA) is 26.0 Å². The van der Waals surface area contributed by atoms with Crippen LogP contribution >= 0.6 is 50.3 Å². The summed E-state index contributed by atoms with van der Waals surface area (Å²) in [7, 11) is 0. The molecule has 0 bridgehead atoms. The number of anilines is 1. The SMILES string of the molecule is Nc1ccc(Sc2ccc(I)cc2)cc1Br. The molecule has 2 rings (SSSR count). The van der Waals surface area contributed by atoms with Crippen molar-refractivity contribution >= 4 is 56.0 Å². The highest BCUT2D eigenvalue weighted by Gasteiger charge is 2.00. The van der Waals surface area contributed by atoms with Crippen molar-refractivity contribution in [1.29, 1.82) is 0 Å². The van der Waals surface area contributed by atoms with Crippen molar-refractivity contribution in [3.63, 3.8) is 0 Å². The average molecular weight is 406 g/mol. The first-order chi connectivity index (χ1) is 7.65. The zero-order chi connectivity index (χ0) is 11.5. The zero-order valence-corrected chi connectivity index (χ0v) is 12.8. The molecule has 82 valence electrons. The van der Waals surface area contributed by atoms with E-state index in [-0.39, 0.29) is 0 Å². The van der Waals surface area contributed by atoms with Gasteiger partial charge in [0.2, 0.25) is 0 Å². The molecule has 0 amide bonds. The highest BCUT2D eigenvalue weighted by atomic mass is 127. The molecule has 0 radical (unpaired) electrons. The molecule has 0 fully saturated rings. The van der Waals surface area contributed by atoms with E-state index in [0.717, 1.165) is 10.2 Å². The van der Waals surface area contributed by atoms with Crippen molar-refractivity contribution in [2.45, 2.75) is 9.79 Å². The molecule has 0 heterocycles. The Morgan fingerprint density at radius 2 is 1.62 bits per heavy atom. The third-order valence-corrected chi connectivity index (χ3v) is 4.42. The third-order valence-electron chi connectivity index (χ3n) is 2.02. The van der Waals surface area contributed by atoms with Crippen LogP contribution < -0.4 is 5.73 Å². The van der Waals surface area contributed by atoms with Crippen LogP contribution in [0.2, 0.25) is 0 Å². The molecule has 0 spiro atoms. The maximum atomic E-state index is 5.74. The minimum absolute atomic E-state index is 0.770. The van der Waals surface area contributed by atoms with Gasteiger partial charge in [0.05, 0.1) is 0 Å². The Kier molecular flexibility index (Phi) is 4.16. The van der Waals surface area contributed by atoms with Crippen LogP contribution in [0.3, 0.4) is 0 Å². The van der Waals surface area contributed by atoms with E-state index < -0.39 is 0 Å². The highest BCUT2D eigenvalue weighted by Crippen LogP contribution is 2.31. The molecule has 2 aromatic carbocycles. The number of nitrogens with two attached hydrogens (primary N) is 1. The van der Waals surface area contributed by atoms with E-state index in [2.05, 4.69) is 62.8 Å². The van der Waals surface area contributed by atoms with Crippen molar-refractivity contribution in [1.82, 2.24) is 0 Å². The molecule has 1 nitrogen and oxygen atoms in total. The van der Waals surface area contributed by atoms with E-state index >= 15 is 0 Å². The second-order valence-corrected chi connectivity index (χ2v) is 6.49. The largest absolute Gasteiger partial charge is 0.398 e. The fraction of sp³-hybridized carbons (Fsp3) is 0. The first kappa shape index (κ1) is 12.3. The van der Waals surface area contributed by atoms with E-state index in [0.29, 0.717) is 0 Å². The van der Waals surface area contributed by atoms with Gasteiger partial charge in [-0.15, -0.1) is 0 Å². The molecular formula is C12H9BrINS. The number of halogens is 2. The lowest BCUT2D eigenvalue weighted by Crippen LogP contribution is -1.85. The van der Waals surface area contributed by atoms with E-state index in [1.54, 1.807) is 11.8 Å². The van der Waals surface area contributed by atoms with Gasteiger partial charge in [-0.1, -0.05) is 11.8 Å². The van der Waals surface area contributed by atoms with Crippen molar-refractivity contribution in [2.24, 2.45) is 0 Å². The Labute approximate surface area is 121 Å². The van der Waals surface area contributed by atoms with Crippen LogP contribution in [-0.2, 0) is 0 Å². The number of hydrogen-bond acceptors (Lipinski definition) is 2. The molecule has 0 saturated heterocycles. The van der Waals surface area contributed by atoms with Crippen LogP contribution in [0.1, 0.15) is 0 Å². The van der Waals surface area contributed by atoms with Crippen LogP contribution in [0, 0.1) is 3.57 Å². The molecule has 0 aromatic heterocycles. The Balaban J connectivity index is 2.20. The predicted molar refractivity (Wildman–Crippen MR) is 81.8 cm³/mol. The zero-order valence-electron chi connectivity index (χ0n) is 8.28. The minimum atomic E-state index is 0.770. The third kappa shape index (κ3) is 3.15. The van der Waals surface area contributed by atoms with Gasteiger partial charge < -0.3 is 5.73 Å². The van der Waals surface area contributed by atoms with Gasteiger partial charge in [-0.2, -0.15) is 0 Å². The molecule has 0 saturated carbocycles. The monoisotopic (exact) mass is 405 g/mol. The maximum Gasteiger partial charge on any atom is 0.0459 e. The fourth-order valence-corrected chi connectivity index (χ4v) is 2.96. The summed E-state index contributed by atoms with van der Waals surface area (Å²) in [6.45, 7) is 0. The van der Waals surface area contributed by atoms with Crippen molar-refractivity contribution in [2.75, 3.05) is 5.73 Å². The van der Waals surface area contributed by atoms with Gasteiger partial charge in [0.25, 0.3) is 0 Å². The first-order valence-electron chi connectivity index (χ1n) is 4.63. The molecule has 0 aliphatic carbocycles. The summed E-state index contributed by atoms with van der Waals surface area (Å²) in [5.41, 5.74) is 6.52. The molecule has 2 N–H and O–H groups in total. The van der Waals surface area contributed by atoms with Gasteiger partial charge in [-0.05, 0) is 81.0 Å². The quantitative estimate of drug-likeness (QED) is 0.574. The Hall–Kier alpha value is -0.200. The summed E-state index contributed by atoms with van der Waals surface area (Å²) in [5, 5.41) is 0. The van der Waals surface area contributed by atoms with E-state index in [1.165, 1.54) is 13.4 Å². The van der Waals surface area contributed by atoms with Crippen LogP contribution in [0.4, 0.5) is 5.69 Å². The molecule has 0 atom stereocenters. The Morgan fingerprint density at radius 3 is 2.25 bits per heavy atom. The van der Waals surface area contributed by atoms with Crippen LogP contribution in [-0.4, -0.2) is 0 Å². The second kappa shape index (κ2) is 5.42. The van der Waals surface area contributed by atoms with Gasteiger partial charge in [-0.3, -0.25) is 0 Å². The van der Waals surface area contributed by atoms with Crippen LogP contribution in [0.25, 0.3) is 0 Å². The number of nitrogen functional groups attached to an aromatic ring is 1. The normalized spacial score (nSPS) is 10.4. The molecule has 0 unspecified atom stereocenters. The average Bonchev–Trinajstić information content (AvgIpc) is 2.27. The molecular weight excluding hydrogens is 397 g/mol. The number of benzene rings is 2. The molecule has 2 aromatic rings. The number of rotatable bonds is 2. The standard InChI is InChI=1S/C12H9BrINS/c13-11-7-10(5-6-12(11)15)16-9-3-1-8(14)2-4-9/h1-7H,15H2. The summed E-state index contributed by atoms with van der Waals surface area (Å²) < 4.78 is 2.20. The summed E-state index contributed by atoms with van der Waals surface area (Å²) in [5.74, 6) is 0. The maximum absolute atomic E-state index is 5.74. The second-order valence-electron chi connectivity index (χ2n) is 3.24. The Bertz CT molecular complexity index is 499.